The summed E-state index contributed by atoms with van der Waals surface area (Å²) in [7, 11) is 1.59. The molecule has 0 N–H and O–H groups in total. The second kappa shape index (κ2) is 9.09. The quantitative estimate of drug-likeness (QED) is 0.567. The fourth-order valence-corrected chi connectivity index (χ4v) is 5.57. The maximum atomic E-state index is 13.0. The van der Waals surface area contributed by atoms with Crippen molar-refractivity contribution in [3.8, 4) is 0 Å². The number of Topliss-reactive ketones (excluding diaryl/α,β-unsaturated/α-hetero) is 2. The number of ether oxygens (including phenoxy) is 2. The van der Waals surface area contributed by atoms with Gasteiger partial charge in [0.05, 0.1) is 12.0 Å². The summed E-state index contributed by atoms with van der Waals surface area (Å²) in [5.74, 6) is -0.158. The Hall–Kier alpha value is -1.52. The smallest absolute Gasteiger partial charge is 0.167 e. The molecule has 1 heterocycles. The molecule has 4 nitrogen and oxygen atoms in total. The molecule has 4 unspecified atom stereocenters. The number of carbonyl (C=O) groups is 2. The van der Waals surface area contributed by atoms with E-state index in [0.29, 0.717) is 6.42 Å². The van der Waals surface area contributed by atoms with Crippen LogP contribution in [-0.4, -0.2) is 31.1 Å². The molecule has 0 radical (unpaired) electrons. The van der Waals surface area contributed by atoms with Crippen LogP contribution in [0.3, 0.4) is 0 Å². The van der Waals surface area contributed by atoms with Gasteiger partial charge in [0.15, 0.2) is 6.29 Å². The average Bonchev–Trinajstić information content (AvgIpc) is 2.64. The second-order valence-electron chi connectivity index (χ2n) is 9.24. The molecule has 2 aliphatic rings. The lowest BCUT2D eigenvalue weighted by Gasteiger charge is -2.50. The van der Waals surface area contributed by atoms with E-state index in [4.69, 9.17) is 9.47 Å². The summed E-state index contributed by atoms with van der Waals surface area (Å²) in [5.41, 5.74) is 3.13. The van der Waals surface area contributed by atoms with Gasteiger partial charge in [-0.1, -0.05) is 69.6 Å². The highest BCUT2D eigenvalue weighted by atomic mass is 16.7. The van der Waals surface area contributed by atoms with Crippen molar-refractivity contribution in [3.63, 3.8) is 0 Å². The van der Waals surface area contributed by atoms with Crippen LogP contribution in [-0.2, 0) is 19.1 Å². The molecule has 7 atom stereocenters. The van der Waals surface area contributed by atoms with Crippen molar-refractivity contribution >= 4 is 11.6 Å². The number of rotatable bonds is 6. The predicted octanol–water partition coefficient (Wildman–Crippen LogP) is 5.29. The van der Waals surface area contributed by atoms with Crippen molar-refractivity contribution in [2.24, 2.45) is 29.1 Å². The molecule has 1 saturated heterocycles. The Labute approximate surface area is 176 Å². The first-order valence-electron chi connectivity index (χ1n) is 10.8. The molecule has 0 aromatic heterocycles. The number of ketones is 2. The Bertz CT molecular complexity index is 744. The van der Waals surface area contributed by atoms with E-state index in [1.54, 1.807) is 7.11 Å². The SMILES string of the molecule is CCC(=O)[C@@H](C)/C=C(\C)[C@@H]1C(C)=CC(C)=C[C@]1(C)C1OC(OC)C(C)C(=O)C1C. The Morgan fingerprint density at radius 2 is 1.93 bits per heavy atom. The predicted molar refractivity (Wildman–Crippen MR) is 116 cm³/mol. The minimum absolute atomic E-state index is 0.0597. The maximum absolute atomic E-state index is 13.0. The summed E-state index contributed by atoms with van der Waals surface area (Å²) in [4.78, 5) is 25.2. The third kappa shape index (κ3) is 4.49. The number of hydrogen-bond acceptors (Lipinski definition) is 4. The Balaban J connectivity index is 2.53. The zero-order chi connectivity index (χ0) is 22.1. The fourth-order valence-electron chi connectivity index (χ4n) is 5.57. The number of allylic oxidation sites excluding steroid dienone is 5. The minimum atomic E-state index is -0.536. The van der Waals surface area contributed by atoms with Crippen molar-refractivity contribution < 1.29 is 19.1 Å². The third-order valence-electron chi connectivity index (χ3n) is 6.78. The van der Waals surface area contributed by atoms with Gasteiger partial charge >= 0.3 is 0 Å². The zero-order valence-corrected chi connectivity index (χ0v) is 19.5. The van der Waals surface area contributed by atoms with E-state index in [1.165, 1.54) is 11.1 Å². The Kier molecular flexibility index (Phi) is 7.45. The van der Waals surface area contributed by atoms with Crippen LogP contribution in [0.1, 0.15) is 61.8 Å². The van der Waals surface area contributed by atoms with Gasteiger partial charge in [0.25, 0.3) is 0 Å². The molecule has 0 aromatic carbocycles. The molecule has 0 spiro atoms. The minimum Gasteiger partial charge on any atom is -0.355 e. The molecule has 1 aliphatic heterocycles. The molecule has 4 heteroatoms. The van der Waals surface area contributed by atoms with E-state index in [1.807, 2.05) is 27.7 Å². The van der Waals surface area contributed by atoms with Crippen LogP contribution >= 0.6 is 0 Å². The van der Waals surface area contributed by atoms with Gasteiger partial charge in [0.1, 0.15) is 11.6 Å². The summed E-state index contributed by atoms with van der Waals surface area (Å²) >= 11 is 0. The molecule has 0 bridgehead atoms. The van der Waals surface area contributed by atoms with E-state index in [2.05, 4.69) is 45.9 Å². The summed E-state index contributed by atoms with van der Waals surface area (Å²) in [5, 5.41) is 0. The van der Waals surface area contributed by atoms with Crippen LogP contribution in [0, 0.1) is 29.1 Å². The van der Waals surface area contributed by atoms with E-state index in [0.717, 1.165) is 5.57 Å². The molecule has 0 saturated carbocycles. The highest BCUT2D eigenvalue weighted by Crippen LogP contribution is 2.51. The molecule has 0 aromatic rings. The van der Waals surface area contributed by atoms with Gasteiger partial charge in [0.2, 0.25) is 0 Å². The van der Waals surface area contributed by atoms with Crippen LogP contribution in [0.15, 0.2) is 34.9 Å². The molecule has 1 aliphatic carbocycles. The summed E-state index contributed by atoms with van der Waals surface area (Å²) in [6.45, 7) is 16.2. The third-order valence-corrected chi connectivity index (χ3v) is 6.78. The number of carbonyl (C=O) groups excluding carboxylic acids is 2. The lowest BCUT2D eigenvalue weighted by Crippen LogP contribution is -2.55. The molecular weight excluding hydrogens is 364 g/mol. The first-order chi connectivity index (χ1) is 13.5. The summed E-state index contributed by atoms with van der Waals surface area (Å²) in [6, 6.07) is 0. The van der Waals surface area contributed by atoms with E-state index < -0.39 is 11.7 Å². The normalized spacial score (nSPS) is 37.1. The van der Waals surface area contributed by atoms with Crippen LogP contribution in [0.4, 0.5) is 0 Å². The Morgan fingerprint density at radius 1 is 1.31 bits per heavy atom. The van der Waals surface area contributed by atoms with Gasteiger partial charge < -0.3 is 9.47 Å². The van der Waals surface area contributed by atoms with Crippen LogP contribution in [0.2, 0.25) is 0 Å². The van der Waals surface area contributed by atoms with E-state index in [9.17, 15) is 9.59 Å². The highest BCUT2D eigenvalue weighted by Gasteiger charge is 2.52. The van der Waals surface area contributed by atoms with Crippen molar-refractivity contribution in [2.75, 3.05) is 7.11 Å². The van der Waals surface area contributed by atoms with Crippen molar-refractivity contribution in [3.05, 3.63) is 34.9 Å². The zero-order valence-electron chi connectivity index (χ0n) is 19.5. The lowest BCUT2D eigenvalue weighted by atomic mass is 9.60. The Morgan fingerprint density at radius 3 is 2.48 bits per heavy atom. The fraction of sp³-hybridized carbons (Fsp3) is 0.680. The summed E-state index contributed by atoms with van der Waals surface area (Å²) in [6.07, 6.45) is 6.22. The first-order valence-corrected chi connectivity index (χ1v) is 10.8. The van der Waals surface area contributed by atoms with Crippen LogP contribution < -0.4 is 0 Å². The number of hydrogen-bond donors (Lipinski definition) is 0. The van der Waals surface area contributed by atoms with Gasteiger partial charge in [0, 0.05) is 36.7 Å². The van der Waals surface area contributed by atoms with Gasteiger partial charge in [-0.3, -0.25) is 9.59 Å². The van der Waals surface area contributed by atoms with Crippen molar-refractivity contribution in [1.29, 1.82) is 0 Å². The largest absolute Gasteiger partial charge is 0.355 e. The topological polar surface area (TPSA) is 52.6 Å². The van der Waals surface area contributed by atoms with Crippen LogP contribution in [0.5, 0.6) is 0 Å². The standard InChI is InChI=1S/C25H38O4/c1-10-20(26)15(3)12-17(5)21-16(4)11-14(2)13-25(21,8)23-18(6)22(27)19(7)24(28-9)29-23/h11-13,15,18-19,21,23-24H,10H2,1-9H3/b17-12+/t15-,18?,19?,21-,23?,24?,25-/m0/s1. The number of methoxy groups -OCH3 is 1. The molecule has 0 amide bonds. The van der Waals surface area contributed by atoms with Gasteiger partial charge in [-0.05, 0) is 20.8 Å². The van der Waals surface area contributed by atoms with Gasteiger partial charge in [-0.2, -0.15) is 0 Å². The molecular formula is C25H38O4. The summed E-state index contributed by atoms with van der Waals surface area (Å²) < 4.78 is 11.9. The van der Waals surface area contributed by atoms with Gasteiger partial charge in [-0.25, -0.2) is 0 Å². The first kappa shape index (κ1) is 23.8. The average molecular weight is 403 g/mol. The monoisotopic (exact) mass is 402 g/mol. The van der Waals surface area contributed by atoms with E-state index in [-0.39, 0.29) is 41.3 Å². The maximum Gasteiger partial charge on any atom is 0.167 e. The molecule has 1 fully saturated rings. The highest BCUT2D eigenvalue weighted by molar-refractivity contribution is 5.84. The molecule has 29 heavy (non-hydrogen) atoms. The molecule has 2 rings (SSSR count). The van der Waals surface area contributed by atoms with E-state index >= 15 is 0 Å². The molecule has 162 valence electrons. The van der Waals surface area contributed by atoms with Crippen LogP contribution in [0.25, 0.3) is 0 Å². The lowest BCUT2D eigenvalue weighted by molar-refractivity contribution is -0.235. The second-order valence-corrected chi connectivity index (χ2v) is 9.24. The van der Waals surface area contributed by atoms with Crippen molar-refractivity contribution in [1.82, 2.24) is 0 Å². The van der Waals surface area contributed by atoms with Gasteiger partial charge in [-0.15, -0.1) is 0 Å². The van der Waals surface area contributed by atoms with Crippen molar-refractivity contribution in [2.45, 2.75) is 74.2 Å².